The molecular weight excluding hydrogens is 282 g/mol. The average molecular weight is 301 g/mol. The highest BCUT2D eigenvalue weighted by atomic mass is 16.5. The van der Waals surface area contributed by atoms with Crippen LogP contribution in [0.15, 0.2) is 30.5 Å². The molecule has 1 aliphatic heterocycles. The SMILES string of the molecule is C[C@H]1OCCN(C(=O)C(=O)Nc2cccc3[nH]ccc23)[C@H]1C. The minimum absolute atomic E-state index is 0.0707. The van der Waals surface area contributed by atoms with Crippen molar-refractivity contribution in [1.29, 1.82) is 0 Å². The summed E-state index contributed by atoms with van der Waals surface area (Å²) in [5, 5.41) is 3.59. The molecule has 2 heterocycles. The normalized spacial score (nSPS) is 21.8. The van der Waals surface area contributed by atoms with Crippen LogP contribution in [0.2, 0.25) is 0 Å². The molecule has 0 aliphatic carbocycles. The standard InChI is InChI=1S/C16H19N3O3/c1-10-11(2)22-9-8-19(10)16(21)15(20)18-14-5-3-4-13-12(14)6-7-17-13/h3-7,10-11,17H,8-9H2,1-2H3,(H,18,20)/t10-,11+/m0/s1. The molecule has 0 radical (unpaired) electrons. The van der Waals surface area contributed by atoms with Crippen molar-refractivity contribution in [3.63, 3.8) is 0 Å². The van der Waals surface area contributed by atoms with Gasteiger partial charge in [-0.1, -0.05) is 6.07 Å². The molecule has 1 fully saturated rings. The Balaban J connectivity index is 1.76. The fraction of sp³-hybridized carbons (Fsp3) is 0.375. The lowest BCUT2D eigenvalue weighted by atomic mass is 10.1. The molecule has 0 unspecified atom stereocenters. The van der Waals surface area contributed by atoms with Gasteiger partial charge in [0.25, 0.3) is 0 Å². The summed E-state index contributed by atoms with van der Waals surface area (Å²) in [5.74, 6) is -1.13. The number of carbonyl (C=O) groups is 2. The lowest BCUT2D eigenvalue weighted by Crippen LogP contribution is -2.54. The largest absolute Gasteiger partial charge is 0.375 e. The van der Waals surface area contributed by atoms with E-state index >= 15 is 0 Å². The summed E-state index contributed by atoms with van der Waals surface area (Å²) >= 11 is 0. The Kier molecular flexibility index (Phi) is 3.85. The number of benzene rings is 1. The Bertz CT molecular complexity index is 709. The van der Waals surface area contributed by atoms with E-state index in [9.17, 15) is 9.59 Å². The molecule has 2 aromatic rings. The predicted molar refractivity (Wildman–Crippen MR) is 83.5 cm³/mol. The van der Waals surface area contributed by atoms with Gasteiger partial charge in [-0.15, -0.1) is 0 Å². The monoisotopic (exact) mass is 301 g/mol. The van der Waals surface area contributed by atoms with Crippen molar-refractivity contribution in [2.24, 2.45) is 0 Å². The first kappa shape index (κ1) is 14.6. The molecular formula is C16H19N3O3. The number of aromatic nitrogens is 1. The topological polar surface area (TPSA) is 74.4 Å². The Morgan fingerprint density at radius 2 is 2.14 bits per heavy atom. The summed E-state index contributed by atoms with van der Waals surface area (Å²) < 4.78 is 5.49. The summed E-state index contributed by atoms with van der Waals surface area (Å²) in [6.07, 6.45) is 1.73. The van der Waals surface area contributed by atoms with E-state index in [-0.39, 0.29) is 12.1 Å². The molecule has 0 saturated carbocycles. The van der Waals surface area contributed by atoms with Crippen LogP contribution >= 0.6 is 0 Å². The third kappa shape index (κ3) is 2.57. The predicted octanol–water partition coefficient (Wildman–Crippen LogP) is 1.74. The Labute approximate surface area is 128 Å². The maximum absolute atomic E-state index is 12.4. The van der Waals surface area contributed by atoms with Gasteiger partial charge in [-0.25, -0.2) is 0 Å². The van der Waals surface area contributed by atoms with Crippen molar-refractivity contribution in [2.75, 3.05) is 18.5 Å². The molecule has 1 aromatic carbocycles. The van der Waals surface area contributed by atoms with E-state index in [1.165, 1.54) is 0 Å². The molecule has 3 rings (SSSR count). The van der Waals surface area contributed by atoms with E-state index in [2.05, 4.69) is 10.3 Å². The maximum atomic E-state index is 12.4. The third-order valence-corrected chi connectivity index (χ3v) is 4.18. The number of ether oxygens (including phenoxy) is 1. The molecule has 2 N–H and O–H groups in total. The van der Waals surface area contributed by atoms with Crippen molar-refractivity contribution < 1.29 is 14.3 Å². The fourth-order valence-electron chi connectivity index (χ4n) is 2.72. The lowest BCUT2D eigenvalue weighted by Gasteiger charge is -2.37. The van der Waals surface area contributed by atoms with Crippen molar-refractivity contribution in [1.82, 2.24) is 9.88 Å². The van der Waals surface area contributed by atoms with Gasteiger partial charge in [-0.2, -0.15) is 0 Å². The molecule has 2 amide bonds. The number of nitrogens with one attached hydrogen (secondary N) is 2. The van der Waals surface area contributed by atoms with Gasteiger partial charge in [0.2, 0.25) is 0 Å². The van der Waals surface area contributed by atoms with Gasteiger partial charge in [0.1, 0.15) is 0 Å². The summed E-state index contributed by atoms with van der Waals surface area (Å²) in [6, 6.07) is 7.29. The smallest absolute Gasteiger partial charge is 0.313 e. The Morgan fingerprint density at radius 1 is 1.32 bits per heavy atom. The van der Waals surface area contributed by atoms with E-state index in [4.69, 9.17) is 4.74 Å². The number of rotatable bonds is 1. The second kappa shape index (κ2) is 5.81. The maximum Gasteiger partial charge on any atom is 0.313 e. The number of fused-ring (bicyclic) bond motifs is 1. The van der Waals surface area contributed by atoms with E-state index < -0.39 is 11.8 Å². The zero-order chi connectivity index (χ0) is 15.7. The molecule has 116 valence electrons. The third-order valence-electron chi connectivity index (χ3n) is 4.18. The molecule has 6 nitrogen and oxygen atoms in total. The molecule has 1 aromatic heterocycles. The Hall–Kier alpha value is -2.34. The molecule has 22 heavy (non-hydrogen) atoms. The lowest BCUT2D eigenvalue weighted by molar-refractivity contribution is -0.152. The minimum atomic E-state index is -0.616. The van der Waals surface area contributed by atoms with Gasteiger partial charge in [0.15, 0.2) is 0 Å². The van der Waals surface area contributed by atoms with E-state index in [1.807, 2.05) is 32.0 Å². The number of hydrogen-bond acceptors (Lipinski definition) is 3. The second-order valence-corrected chi connectivity index (χ2v) is 5.51. The highest BCUT2D eigenvalue weighted by Gasteiger charge is 2.32. The summed E-state index contributed by atoms with van der Waals surface area (Å²) in [4.78, 5) is 29.3. The number of hydrogen-bond donors (Lipinski definition) is 2. The van der Waals surface area contributed by atoms with Crippen LogP contribution in [0.1, 0.15) is 13.8 Å². The molecule has 1 saturated heterocycles. The van der Waals surface area contributed by atoms with Crippen LogP contribution in [-0.4, -0.2) is 47.0 Å². The van der Waals surface area contributed by atoms with Gasteiger partial charge in [0.05, 0.1) is 24.4 Å². The number of anilines is 1. The number of carbonyl (C=O) groups excluding carboxylic acids is 2. The van der Waals surface area contributed by atoms with E-state index in [0.29, 0.717) is 18.8 Å². The zero-order valence-electron chi connectivity index (χ0n) is 12.6. The average Bonchev–Trinajstić information content (AvgIpc) is 2.99. The zero-order valence-corrected chi connectivity index (χ0v) is 12.6. The van der Waals surface area contributed by atoms with Crippen LogP contribution in [0.4, 0.5) is 5.69 Å². The molecule has 6 heteroatoms. The second-order valence-electron chi connectivity index (χ2n) is 5.51. The van der Waals surface area contributed by atoms with Gasteiger partial charge >= 0.3 is 11.8 Å². The number of aromatic amines is 1. The molecule has 0 bridgehead atoms. The number of H-pyrrole nitrogens is 1. The van der Waals surface area contributed by atoms with Crippen LogP contribution in [0.25, 0.3) is 10.9 Å². The Morgan fingerprint density at radius 3 is 2.95 bits per heavy atom. The van der Waals surface area contributed by atoms with Crippen LogP contribution in [-0.2, 0) is 14.3 Å². The fourth-order valence-corrected chi connectivity index (χ4v) is 2.72. The highest BCUT2D eigenvalue weighted by Crippen LogP contribution is 2.22. The van der Waals surface area contributed by atoms with Gasteiger partial charge < -0.3 is 19.9 Å². The number of morpholine rings is 1. The van der Waals surface area contributed by atoms with Gasteiger partial charge in [-0.05, 0) is 32.0 Å². The summed E-state index contributed by atoms with van der Waals surface area (Å²) in [6.45, 7) is 4.69. The summed E-state index contributed by atoms with van der Waals surface area (Å²) in [7, 11) is 0. The van der Waals surface area contributed by atoms with E-state index in [0.717, 1.165) is 10.9 Å². The molecule has 0 spiro atoms. The first-order chi connectivity index (χ1) is 10.6. The number of nitrogens with zero attached hydrogens (tertiary/aromatic N) is 1. The molecule has 1 aliphatic rings. The van der Waals surface area contributed by atoms with Crippen molar-refractivity contribution in [2.45, 2.75) is 26.0 Å². The quantitative estimate of drug-likeness (QED) is 0.788. The van der Waals surface area contributed by atoms with Crippen LogP contribution < -0.4 is 5.32 Å². The van der Waals surface area contributed by atoms with Gasteiger partial charge in [0, 0.05) is 23.6 Å². The van der Waals surface area contributed by atoms with Crippen molar-refractivity contribution in [3.8, 4) is 0 Å². The summed E-state index contributed by atoms with van der Waals surface area (Å²) in [5.41, 5.74) is 1.55. The van der Waals surface area contributed by atoms with Crippen LogP contribution in [0.5, 0.6) is 0 Å². The van der Waals surface area contributed by atoms with Gasteiger partial charge in [-0.3, -0.25) is 9.59 Å². The minimum Gasteiger partial charge on any atom is -0.375 e. The highest BCUT2D eigenvalue weighted by molar-refractivity contribution is 6.40. The van der Waals surface area contributed by atoms with Crippen molar-refractivity contribution in [3.05, 3.63) is 30.5 Å². The van der Waals surface area contributed by atoms with Crippen LogP contribution in [0, 0.1) is 0 Å². The number of amides is 2. The molecule has 2 atom stereocenters. The first-order valence-electron chi connectivity index (χ1n) is 7.37. The van der Waals surface area contributed by atoms with Crippen LogP contribution in [0.3, 0.4) is 0 Å². The first-order valence-corrected chi connectivity index (χ1v) is 7.37. The van der Waals surface area contributed by atoms with Crippen molar-refractivity contribution >= 4 is 28.4 Å². The van der Waals surface area contributed by atoms with E-state index in [1.54, 1.807) is 17.2 Å².